The summed E-state index contributed by atoms with van der Waals surface area (Å²) in [6.45, 7) is 3.60. The van der Waals surface area contributed by atoms with Crippen LogP contribution in [0.2, 0.25) is 5.02 Å². The summed E-state index contributed by atoms with van der Waals surface area (Å²) in [5.74, 6) is 4.37. The predicted octanol–water partition coefficient (Wildman–Crippen LogP) is 4.42. The van der Waals surface area contributed by atoms with Crippen LogP contribution in [0.4, 0.5) is 23.0 Å². The van der Waals surface area contributed by atoms with Crippen LogP contribution in [0, 0.1) is 17.8 Å². The number of aromatic nitrogens is 2. The van der Waals surface area contributed by atoms with E-state index >= 15 is 0 Å². The van der Waals surface area contributed by atoms with Crippen molar-refractivity contribution in [3.63, 3.8) is 0 Å². The summed E-state index contributed by atoms with van der Waals surface area (Å²) in [4.78, 5) is 13.8. The van der Waals surface area contributed by atoms with E-state index in [-0.39, 0.29) is 5.54 Å². The molecule has 4 saturated carbocycles. The van der Waals surface area contributed by atoms with E-state index in [1.54, 1.807) is 6.33 Å². The fourth-order valence-corrected chi connectivity index (χ4v) is 7.29. The Morgan fingerprint density at radius 3 is 2.23 bits per heavy atom. The molecule has 5 fully saturated rings. The van der Waals surface area contributed by atoms with E-state index in [1.165, 1.54) is 44.2 Å². The molecule has 0 atom stereocenters. The first kappa shape index (κ1) is 19.5. The lowest BCUT2D eigenvalue weighted by molar-refractivity contribution is 0.0106. The SMILES string of the molecule is Nc1c(NC23CC4CC(CC(C4)C2)C3)ncnc1N1CCN(c2cccc(Cl)c2)CC1. The van der Waals surface area contributed by atoms with Crippen molar-refractivity contribution in [3.05, 3.63) is 35.6 Å². The quantitative estimate of drug-likeness (QED) is 0.736. The number of nitrogens with two attached hydrogens (primary N) is 1. The molecule has 1 aromatic carbocycles. The molecule has 0 amide bonds. The maximum Gasteiger partial charge on any atom is 0.157 e. The molecule has 1 aliphatic heterocycles. The van der Waals surface area contributed by atoms with Gasteiger partial charge in [-0.2, -0.15) is 0 Å². The average Bonchev–Trinajstić information content (AvgIpc) is 2.74. The highest BCUT2D eigenvalue weighted by molar-refractivity contribution is 6.30. The van der Waals surface area contributed by atoms with Gasteiger partial charge in [0.2, 0.25) is 0 Å². The van der Waals surface area contributed by atoms with E-state index in [0.717, 1.165) is 60.6 Å². The van der Waals surface area contributed by atoms with Gasteiger partial charge in [0.15, 0.2) is 11.6 Å². The Kier molecular flexibility index (Phi) is 4.67. The zero-order valence-corrected chi connectivity index (χ0v) is 18.7. The number of anilines is 4. The summed E-state index contributed by atoms with van der Waals surface area (Å²) in [5, 5.41) is 4.63. The first-order valence-electron chi connectivity index (χ1n) is 11.7. The summed E-state index contributed by atoms with van der Waals surface area (Å²) in [7, 11) is 0. The molecule has 1 saturated heterocycles. The number of rotatable bonds is 4. The molecular formula is C24H31ClN6. The maximum absolute atomic E-state index is 6.65. The molecule has 164 valence electrons. The third kappa shape index (κ3) is 3.59. The number of nitrogens with one attached hydrogen (secondary N) is 1. The van der Waals surface area contributed by atoms with Crippen LogP contribution in [0.25, 0.3) is 0 Å². The predicted molar refractivity (Wildman–Crippen MR) is 127 cm³/mol. The molecule has 2 aromatic rings. The molecule has 0 spiro atoms. The topological polar surface area (TPSA) is 70.3 Å². The van der Waals surface area contributed by atoms with Crippen LogP contribution in [0.1, 0.15) is 38.5 Å². The highest BCUT2D eigenvalue weighted by atomic mass is 35.5. The molecule has 1 aromatic heterocycles. The van der Waals surface area contributed by atoms with Crippen molar-refractivity contribution >= 4 is 34.6 Å². The summed E-state index contributed by atoms with van der Waals surface area (Å²) < 4.78 is 0. The van der Waals surface area contributed by atoms with Gasteiger partial charge in [-0.3, -0.25) is 0 Å². The Balaban J connectivity index is 1.18. The molecule has 31 heavy (non-hydrogen) atoms. The van der Waals surface area contributed by atoms with E-state index in [9.17, 15) is 0 Å². The highest BCUT2D eigenvalue weighted by Gasteiger charge is 2.51. The molecule has 4 bridgehead atoms. The Hall–Kier alpha value is -2.21. The summed E-state index contributed by atoms with van der Waals surface area (Å²) in [6.07, 6.45) is 9.80. The van der Waals surface area contributed by atoms with Gasteiger partial charge in [-0.25, -0.2) is 9.97 Å². The molecule has 7 rings (SSSR count). The van der Waals surface area contributed by atoms with Gasteiger partial charge >= 0.3 is 0 Å². The largest absolute Gasteiger partial charge is 0.393 e. The van der Waals surface area contributed by atoms with Gasteiger partial charge in [-0.1, -0.05) is 17.7 Å². The lowest BCUT2D eigenvalue weighted by atomic mass is 9.53. The lowest BCUT2D eigenvalue weighted by Crippen LogP contribution is -2.55. The minimum Gasteiger partial charge on any atom is -0.393 e. The van der Waals surface area contributed by atoms with Gasteiger partial charge in [0.05, 0.1) is 0 Å². The molecule has 3 N–H and O–H groups in total. The van der Waals surface area contributed by atoms with E-state index in [4.69, 9.17) is 17.3 Å². The fraction of sp³-hybridized carbons (Fsp3) is 0.583. The summed E-state index contributed by atoms with van der Waals surface area (Å²) >= 11 is 6.18. The van der Waals surface area contributed by atoms with Crippen LogP contribution in [0.3, 0.4) is 0 Å². The van der Waals surface area contributed by atoms with Crippen molar-refractivity contribution in [2.75, 3.05) is 47.0 Å². The zero-order valence-electron chi connectivity index (χ0n) is 17.9. The molecule has 0 unspecified atom stereocenters. The Labute approximate surface area is 189 Å². The van der Waals surface area contributed by atoms with Gasteiger partial charge in [-0.05, 0) is 74.5 Å². The van der Waals surface area contributed by atoms with Crippen LogP contribution in [-0.4, -0.2) is 41.7 Å². The smallest absolute Gasteiger partial charge is 0.157 e. The van der Waals surface area contributed by atoms with E-state index in [1.807, 2.05) is 18.2 Å². The second-order valence-electron chi connectivity index (χ2n) is 10.2. The average molecular weight is 439 g/mol. The number of nitrogens with zero attached hydrogens (tertiary/aromatic N) is 4. The first-order valence-corrected chi connectivity index (χ1v) is 12.1. The number of hydrogen-bond acceptors (Lipinski definition) is 6. The molecule has 5 aliphatic rings. The minimum absolute atomic E-state index is 0.194. The van der Waals surface area contributed by atoms with Crippen LogP contribution < -0.4 is 20.9 Å². The van der Waals surface area contributed by atoms with Crippen molar-refractivity contribution in [2.45, 2.75) is 44.1 Å². The Morgan fingerprint density at radius 2 is 1.58 bits per heavy atom. The van der Waals surface area contributed by atoms with Crippen molar-refractivity contribution in [1.82, 2.24) is 9.97 Å². The van der Waals surface area contributed by atoms with Gasteiger partial charge in [-0.15, -0.1) is 0 Å². The van der Waals surface area contributed by atoms with Gasteiger partial charge in [0.25, 0.3) is 0 Å². The van der Waals surface area contributed by atoms with Crippen molar-refractivity contribution < 1.29 is 0 Å². The van der Waals surface area contributed by atoms with Crippen LogP contribution >= 0.6 is 11.6 Å². The zero-order chi connectivity index (χ0) is 21.0. The molecule has 7 heteroatoms. The van der Waals surface area contributed by atoms with Crippen molar-refractivity contribution in [2.24, 2.45) is 17.8 Å². The molecular weight excluding hydrogens is 408 g/mol. The lowest BCUT2D eigenvalue weighted by Gasteiger charge is -2.57. The minimum atomic E-state index is 0.194. The molecule has 2 heterocycles. The van der Waals surface area contributed by atoms with Gasteiger partial charge < -0.3 is 20.9 Å². The van der Waals surface area contributed by atoms with Crippen molar-refractivity contribution in [3.8, 4) is 0 Å². The first-order chi connectivity index (χ1) is 15.1. The number of halogens is 1. The number of piperazine rings is 1. The fourth-order valence-electron chi connectivity index (χ4n) is 7.10. The molecule has 0 radical (unpaired) electrons. The Morgan fingerprint density at radius 1 is 0.935 bits per heavy atom. The summed E-state index contributed by atoms with van der Waals surface area (Å²) in [6, 6.07) is 8.08. The van der Waals surface area contributed by atoms with Crippen LogP contribution in [0.5, 0.6) is 0 Å². The number of nitrogen functional groups attached to an aromatic ring is 1. The number of benzene rings is 1. The van der Waals surface area contributed by atoms with E-state index in [0.29, 0.717) is 5.69 Å². The van der Waals surface area contributed by atoms with Crippen LogP contribution in [-0.2, 0) is 0 Å². The molecule has 4 aliphatic carbocycles. The van der Waals surface area contributed by atoms with Crippen molar-refractivity contribution in [1.29, 1.82) is 0 Å². The highest BCUT2D eigenvalue weighted by Crippen LogP contribution is 2.56. The van der Waals surface area contributed by atoms with Crippen LogP contribution in [0.15, 0.2) is 30.6 Å². The number of hydrogen-bond donors (Lipinski definition) is 2. The standard InChI is InChI=1S/C24H31ClN6/c25-19-2-1-3-20(11-19)30-4-6-31(7-5-30)23-21(26)22(27-15-28-23)29-24-12-16-8-17(13-24)10-18(9-16)14-24/h1-3,11,15-18H,4-10,12-14,26H2,(H,27,28,29). The summed E-state index contributed by atoms with van der Waals surface area (Å²) in [5.41, 5.74) is 8.72. The third-order valence-electron chi connectivity index (χ3n) is 8.04. The third-order valence-corrected chi connectivity index (χ3v) is 8.27. The van der Waals surface area contributed by atoms with Gasteiger partial charge in [0.1, 0.15) is 12.0 Å². The monoisotopic (exact) mass is 438 g/mol. The molecule has 6 nitrogen and oxygen atoms in total. The maximum atomic E-state index is 6.65. The van der Waals surface area contributed by atoms with Gasteiger partial charge in [0, 0.05) is 42.4 Å². The normalized spacial score (nSPS) is 31.8. The Bertz CT molecular complexity index is 935. The second-order valence-corrected chi connectivity index (χ2v) is 10.7. The second kappa shape index (κ2) is 7.44. The van der Waals surface area contributed by atoms with E-state index < -0.39 is 0 Å². The van der Waals surface area contributed by atoms with E-state index in [2.05, 4.69) is 31.2 Å².